The second-order valence-corrected chi connectivity index (χ2v) is 8.97. The number of amides is 2. The highest BCUT2D eigenvalue weighted by Crippen LogP contribution is 2.30. The first-order valence-electron chi connectivity index (χ1n) is 10.8. The lowest BCUT2D eigenvalue weighted by Gasteiger charge is -2.23. The molecule has 30 heavy (non-hydrogen) atoms. The van der Waals surface area contributed by atoms with Gasteiger partial charge in [0.2, 0.25) is 0 Å². The Hall–Kier alpha value is -2.82. The molecule has 3 rings (SSSR count). The van der Waals surface area contributed by atoms with Crippen molar-refractivity contribution in [1.29, 1.82) is 0 Å². The summed E-state index contributed by atoms with van der Waals surface area (Å²) in [5, 5.41) is 5.93. The molecule has 0 bridgehead atoms. The van der Waals surface area contributed by atoms with Gasteiger partial charge in [-0.05, 0) is 54.2 Å². The monoisotopic (exact) mass is 408 g/mol. The second kappa shape index (κ2) is 9.79. The van der Waals surface area contributed by atoms with Crippen molar-refractivity contribution in [2.45, 2.75) is 64.3 Å². The Balaban J connectivity index is 1.52. The highest BCUT2D eigenvalue weighted by atomic mass is 16.5. The van der Waals surface area contributed by atoms with Crippen LogP contribution in [0.15, 0.2) is 48.5 Å². The van der Waals surface area contributed by atoms with Crippen LogP contribution in [0.1, 0.15) is 68.8 Å². The molecular formula is C25H32N2O3. The molecular weight excluding hydrogens is 376 g/mol. The van der Waals surface area contributed by atoms with Gasteiger partial charge in [0.1, 0.15) is 5.75 Å². The first-order chi connectivity index (χ1) is 14.3. The first kappa shape index (κ1) is 21.9. The van der Waals surface area contributed by atoms with E-state index in [1.54, 1.807) is 24.3 Å². The zero-order valence-electron chi connectivity index (χ0n) is 18.2. The van der Waals surface area contributed by atoms with Gasteiger partial charge in [-0.2, -0.15) is 0 Å². The van der Waals surface area contributed by atoms with Crippen LogP contribution in [0.4, 0.5) is 5.69 Å². The molecule has 0 atom stereocenters. The molecule has 2 aromatic carbocycles. The Morgan fingerprint density at radius 3 is 2.30 bits per heavy atom. The highest BCUT2D eigenvalue weighted by Gasteiger charge is 2.19. The van der Waals surface area contributed by atoms with E-state index in [2.05, 4.69) is 31.4 Å². The molecule has 1 fully saturated rings. The molecule has 0 heterocycles. The predicted octanol–water partition coefficient (Wildman–Crippen LogP) is 5.06. The van der Waals surface area contributed by atoms with E-state index in [4.69, 9.17) is 4.74 Å². The number of carbonyl (C=O) groups is 2. The largest absolute Gasteiger partial charge is 0.483 e. The van der Waals surface area contributed by atoms with Gasteiger partial charge in [-0.3, -0.25) is 9.59 Å². The van der Waals surface area contributed by atoms with Crippen LogP contribution in [0.2, 0.25) is 0 Å². The van der Waals surface area contributed by atoms with Gasteiger partial charge < -0.3 is 15.4 Å². The molecule has 0 radical (unpaired) electrons. The molecule has 2 N–H and O–H groups in total. The lowest BCUT2D eigenvalue weighted by molar-refractivity contribution is -0.118. The molecule has 0 unspecified atom stereocenters. The number of para-hydroxylation sites is 1. The van der Waals surface area contributed by atoms with Gasteiger partial charge in [-0.25, -0.2) is 0 Å². The van der Waals surface area contributed by atoms with Crippen LogP contribution in [0.3, 0.4) is 0 Å². The van der Waals surface area contributed by atoms with Crippen LogP contribution in [-0.4, -0.2) is 24.5 Å². The van der Waals surface area contributed by atoms with Crippen LogP contribution in [0.5, 0.6) is 5.75 Å². The summed E-state index contributed by atoms with van der Waals surface area (Å²) in [6, 6.07) is 15.0. The summed E-state index contributed by atoms with van der Waals surface area (Å²) < 4.78 is 5.77. The molecule has 2 aromatic rings. The van der Waals surface area contributed by atoms with Gasteiger partial charge >= 0.3 is 0 Å². The van der Waals surface area contributed by atoms with Crippen LogP contribution in [0, 0.1) is 0 Å². The molecule has 2 amide bonds. The summed E-state index contributed by atoms with van der Waals surface area (Å²) in [4.78, 5) is 24.7. The van der Waals surface area contributed by atoms with E-state index < -0.39 is 0 Å². The van der Waals surface area contributed by atoms with Crippen molar-refractivity contribution in [2.75, 3.05) is 11.9 Å². The summed E-state index contributed by atoms with van der Waals surface area (Å²) in [5.74, 6) is 0.426. The third kappa shape index (κ3) is 6.09. The summed E-state index contributed by atoms with van der Waals surface area (Å²) in [7, 11) is 0. The molecule has 1 saturated carbocycles. The molecule has 0 aromatic heterocycles. The summed E-state index contributed by atoms with van der Waals surface area (Å²) >= 11 is 0. The van der Waals surface area contributed by atoms with Crippen molar-refractivity contribution in [1.82, 2.24) is 5.32 Å². The number of benzene rings is 2. The molecule has 0 saturated heterocycles. The Bertz CT molecular complexity index is 863. The fourth-order valence-electron chi connectivity index (χ4n) is 3.77. The van der Waals surface area contributed by atoms with E-state index in [1.807, 2.05) is 24.3 Å². The van der Waals surface area contributed by atoms with Crippen molar-refractivity contribution in [2.24, 2.45) is 0 Å². The smallest absolute Gasteiger partial charge is 0.262 e. The Morgan fingerprint density at radius 2 is 1.63 bits per heavy atom. The summed E-state index contributed by atoms with van der Waals surface area (Å²) in [6.07, 6.45) is 5.72. The molecule has 0 aliphatic heterocycles. The van der Waals surface area contributed by atoms with Crippen LogP contribution in [-0.2, 0) is 10.2 Å². The minimum Gasteiger partial charge on any atom is -0.483 e. The minimum absolute atomic E-state index is 0.0538. The summed E-state index contributed by atoms with van der Waals surface area (Å²) in [6.45, 7) is 6.26. The van der Waals surface area contributed by atoms with Crippen molar-refractivity contribution in [3.63, 3.8) is 0 Å². The van der Waals surface area contributed by atoms with Gasteiger partial charge in [-0.1, -0.05) is 58.2 Å². The van der Waals surface area contributed by atoms with Gasteiger partial charge in [0.25, 0.3) is 11.8 Å². The average molecular weight is 409 g/mol. The average Bonchev–Trinajstić information content (AvgIpc) is 2.73. The van der Waals surface area contributed by atoms with Crippen LogP contribution in [0.25, 0.3) is 0 Å². The Morgan fingerprint density at radius 1 is 0.967 bits per heavy atom. The van der Waals surface area contributed by atoms with Crippen molar-refractivity contribution >= 4 is 17.5 Å². The number of nitrogens with one attached hydrogen (secondary N) is 2. The highest BCUT2D eigenvalue weighted by molar-refractivity contribution is 5.96. The van der Waals surface area contributed by atoms with Gasteiger partial charge in [0, 0.05) is 17.3 Å². The molecule has 160 valence electrons. The quantitative estimate of drug-likeness (QED) is 0.702. The fourth-order valence-corrected chi connectivity index (χ4v) is 3.77. The van der Waals surface area contributed by atoms with Crippen LogP contribution >= 0.6 is 0 Å². The lowest BCUT2D eigenvalue weighted by Crippen LogP contribution is -2.36. The van der Waals surface area contributed by atoms with E-state index >= 15 is 0 Å². The maximum Gasteiger partial charge on any atom is 0.262 e. The van der Waals surface area contributed by atoms with Crippen molar-refractivity contribution in [3.05, 3.63) is 59.7 Å². The number of ether oxygens (including phenoxy) is 1. The fraction of sp³-hybridized carbons (Fsp3) is 0.440. The molecule has 5 heteroatoms. The van der Waals surface area contributed by atoms with Gasteiger partial charge in [-0.15, -0.1) is 0 Å². The topological polar surface area (TPSA) is 67.4 Å². The molecule has 5 nitrogen and oxygen atoms in total. The number of anilines is 1. The number of hydrogen-bond acceptors (Lipinski definition) is 3. The zero-order chi connectivity index (χ0) is 21.6. The SMILES string of the molecule is CC(C)(C)c1ccccc1OCC(=O)Nc1ccc(C(=O)NC2CCCCC2)cc1. The minimum atomic E-state index is -0.238. The number of rotatable bonds is 6. The van der Waals surface area contributed by atoms with E-state index in [1.165, 1.54) is 19.3 Å². The summed E-state index contributed by atoms with van der Waals surface area (Å²) in [5.41, 5.74) is 2.24. The van der Waals surface area contributed by atoms with Gasteiger partial charge in [0.15, 0.2) is 6.61 Å². The Labute approximate surface area is 179 Å². The normalized spacial score (nSPS) is 14.8. The molecule has 1 aliphatic carbocycles. The van der Waals surface area contributed by atoms with Crippen LogP contribution < -0.4 is 15.4 Å². The first-order valence-corrected chi connectivity index (χ1v) is 10.8. The maximum atomic E-state index is 12.4. The van der Waals surface area contributed by atoms with E-state index in [0.29, 0.717) is 11.3 Å². The van der Waals surface area contributed by atoms with E-state index in [9.17, 15) is 9.59 Å². The molecule has 0 spiro atoms. The maximum absolute atomic E-state index is 12.4. The second-order valence-electron chi connectivity index (χ2n) is 8.97. The standard InChI is InChI=1S/C25H32N2O3/c1-25(2,3)21-11-7-8-12-22(21)30-17-23(28)26-20-15-13-18(14-16-20)24(29)27-19-9-5-4-6-10-19/h7-8,11-16,19H,4-6,9-10,17H2,1-3H3,(H,26,28)(H,27,29). The third-order valence-electron chi connectivity index (χ3n) is 5.43. The van der Waals surface area contributed by atoms with Crippen molar-refractivity contribution < 1.29 is 14.3 Å². The number of hydrogen-bond donors (Lipinski definition) is 2. The number of carbonyl (C=O) groups excluding carboxylic acids is 2. The zero-order valence-corrected chi connectivity index (χ0v) is 18.2. The van der Waals surface area contributed by atoms with Crippen molar-refractivity contribution in [3.8, 4) is 5.75 Å². The third-order valence-corrected chi connectivity index (χ3v) is 5.43. The van der Waals surface area contributed by atoms with Gasteiger partial charge in [0.05, 0.1) is 0 Å². The molecule has 1 aliphatic rings. The van der Waals surface area contributed by atoms with E-state index in [0.717, 1.165) is 24.2 Å². The Kier molecular flexibility index (Phi) is 7.14. The predicted molar refractivity (Wildman–Crippen MR) is 120 cm³/mol. The lowest BCUT2D eigenvalue weighted by atomic mass is 9.86. The van der Waals surface area contributed by atoms with E-state index in [-0.39, 0.29) is 29.9 Å².